The summed E-state index contributed by atoms with van der Waals surface area (Å²) in [4.78, 5) is 38.5. The number of esters is 3. The Labute approximate surface area is 520 Å². The van der Waals surface area contributed by atoms with E-state index < -0.39 is 6.10 Å². The molecule has 0 saturated heterocycles. The number of hydrogen-bond acceptors (Lipinski definition) is 6. The van der Waals surface area contributed by atoms with Gasteiger partial charge in [0.05, 0.1) is 0 Å². The second-order valence-corrected chi connectivity index (χ2v) is 26.3. The van der Waals surface area contributed by atoms with E-state index in [0.29, 0.717) is 19.3 Å². The first kappa shape index (κ1) is 81.2. The number of carbonyl (C=O) groups is 3. The molecule has 0 spiro atoms. The van der Waals surface area contributed by atoms with Crippen molar-refractivity contribution in [3.8, 4) is 0 Å². The van der Waals surface area contributed by atoms with Crippen molar-refractivity contribution in [3.63, 3.8) is 0 Å². The molecule has 6 nitrogen and oxygen atoms in total. The number of hydrogen-bond donors (Lipinski definition) is 0. The average molecular weight is 1170 g/mol. The fourth-order valence-corrected chi connectivity index (χ4v) is 12.0. The van der Waals surface area contributed by atoms with E-state index in [1.807, 2.05) is 0 Å². The summed E-state index contributed by atoms with van der Waals surface area (Å²) in [6.07, 6.45) is 88.4. The Morgan fingerprint density at radius 1 is 0.229 bits per heavy atom. The zero-order chi connectivity index (χ0) is 59.9. The fourth-order valence-electron chi connectivity index (χ4n) is 12.0. The van der Waals surface area contributed by atoms with Crippen molar-refractivity contribution in [1.82, 2.24) is 0 Å². The number of allylic oxidation sites excluding steroid dienone is 2. The molecule has 0 bridgehead atoms. The van der Waals surface area contributed by atoms with Gasteiger partial charge in [0.1, 0.15) is 13.2 Å². The van der Waals surface area contributed by atoms with Crippen molar-refractivity contribution in [1.29, 1.82) is 0 Å². The maximum absolute atomic E-state index is 13.0. The van der Waals surface area contributed by atoms with Crippen molar-refractivity contribution >= 4 is 17.9 Å². The second kappa shape index (κ2) is 72.6. The molecule has 0 rings (SSSR count). The minimum absolute atomic E-state index is 0.0654. The lowest BCUT2D eigenvalue weighted by Gasteiger charge is -2.18. The Morgan fingerprint density at radius 2 is 0.398 bits per heavy atom. The van der Waals surface area contributed by atoms with Crippen LogP contribution in [0.5, 0.6) is 0 Å². The zero-order valence-electron chi connectivity index (χ0n) is 56.8. The molecule has 0 aliphatic heterocycles. The highest BCUT2D eigenvalue weighted by atomic mass is 16.6. The van der Waals surface area contributed by atoms with Crippen molar-refractivity contribution < 1.29 is 28.6 Å². The summed E-state index contributed by atoms with van der Waals surface area (Å²) in [5.41, 5.74) is 0. The molecule has 0 radical (unpaired) electrons. The molecule has 0 aromatic carbocycles. The first-order chi connectivity index (χ1) is 41.0. The van der Waals surface area contributed by atoms with Gasteiger partial charge in [0.25, 0.3) is 0 Å². The van der Waals surface area contributed by atoms with Crippen LogP contribution in [0.3, 0.4) is 0 Å². The Kier molecular flexibility index (Phi) is 71.0. The van der Waals surface area contributed by atoms with Crippen molar-refractivity contribution in [2.75, 3.05) is 13.2 Å². The lowest BCUT2D eigenvalue weighted by Crippen LogP contribution is -2.30. The normalized spacial score (nSPS) is 12.0. The van der Waals surface area contributed by atoms with E-state index in [4.69, 9.17) is 14.2 Å². The summed E-state index contributed by atoms with van der Waals surface area (Å²) in [5.74, 6) is -0.835. The van der Waals surface area contributed by atoms with Gasteiger partial charge in [-0.05, 0) is 44.9 Å². The van der Waals surface area contributed by atoms with Gasteiger partial charge >= 0.3 is 17.9 Å². The van der Waals surface area contributed by atoms with E-state index >= 15 is 0 Å². The summed E-state index contributed by atoms with van der Waals surface area (Å²) < 4.78 is 17.0. The molecule has 492 valence electrons. The Balaban J connectivity index is 4.19. The van der Waals surface area contributed by atoms with Crippen molar-refractivity contribution in [2.24, 2.45) is 0 Å². The van der Waals surface area contributed by atoms with E-state index in [0.717, 1.165) is 64.2 Å². The van der Waals surface area contributed by atoms with Gasteiger partial charge in [-0.3, -0.25) is 14.4 Å². The van der Waals surface area contributed by atoms with Gasteiger partial charge in [0, 0.05) is 19.3 Å². The smallest absolute Gasteiger partial charge is 0.306 e. The van der Waals surface area contributed by atoms with Crippen molar-refractivity contribution in [2.45, 2.75) is 451 Å². The van der Waals surface area contributed by atoms with E-state index in [2.05, 4.69) is 32.9 Å². The van der Waals surface area contributed by atoms with Crippen molar-refractivity contribution in [3.05, 3.63) is 12.2 Å². The molecule has 0 heterocycles. The van der Waals surface area contributed by atoms with Gasteiger partial charge in [0.2, 0.25) is 0 Å². The second-order valence-electron chi connectivity index (χ2n) is 26.3. The minimum atomic E-state index is -0.770. The van der Waals surface area contributed by atoms with E-state index in [1.54, 1.807) is 0 Å². The van der Waals surface area contributed by atoms with Gasteiger partial charge in [0.15, 0.2) is 6.10 Å². The lowest BCUT2D eigenvalue weighted by molar-refractivity contribution is -0.167. The van der Waals surface area contributed by atoms with Gasteiger partial charge < -0.3 is 14.2 Å². The van der Waals surface area contributed by atoms with Crippen LogP contribution in [0.2, 0.25) is 0 Å². The topological polar surface area (TPSA) is 78.9 Å². The maximum atomic E-state index is 13.0. The molecule has 1 atom stereocenters. The summed E-state index contributed by atoms with van der Waals surface area (Å²) in [6.45, 7) is 6.73. The van der Waals surface area contributed by atoms with Crippen LogP contribution in [-0.4, -0.2) is 37.2 Å². The summed E-state index contributed by atoms with van der Waals surface area (Å²) in [5, 5.41) is 0. The number of carbonyl (C=O) groups excluding carboxylic acids is 3. The predicted molar refractivity (Wildman–Crippen MR) is 363 cm³/mol. The summed E-state index contributed by atoms with van der Waals surface area (Å²) >= 11 is 0. The number of unbranched alkanes of at least 4 members (excludes halogenated alkanes) is 59. The maximum Gasteiger partial charge on any atom is 0.306 e. The highest BCUT2D eigenvalue weighted by Gasteiger charge is 2.20. The van der Waals surface area contributed by atoms with Crippen LogP contribution in [0.4, 0.5) is 0 Å². The molecule has 0 amide bonds. The molecule has 0 aromatic rings. The van der Waals surface area contributed by atoms with Crippen LogP contribution in [0.25, 0.3) is 0 Å². The third kappa shape index (κ3) is 70.8. The molecule has 6 heteroatoms. The Morgan fingerprint density at radius 3 is 0.602 bits per heavy atom. The first-order valence-electron chi connectivity index (χ1n) is 38.2. The molecule has 0 aliphatic rings. The molecule has 0 saturated carbocycles. The fraction of sp³-hybridized carbons (Fsp3) is 0.935. The Hall–Kier alpha value is -1.85. The largest absolute Gasteiger partial charge is 0.462 e. The van der Waals surface area contributed by atoms with Gasteiger partial charge in [-0.25, -0.2) is 0 Å². The molecule has 0 aliphatic carbocycles. The van der Waals surface area contributed by atoms with Crippen LogP contribution in [-0.2, 0) is 28.6 Å². The average Bonchev–Trinajstić information content (AvgIpc) is 3.50. The number of rotatable bonds is 72. The minimum Gasteiger partial charge on any atom is -0.462 e. The molecule has 0 aromatic heterocycles. The van der Waals surface area contributed by atoms with Crippen LogP contribution in [0.15, 0.2) is 12.2 Å². The highest BCUT2D eigenvalue weighted by Crippen LogP contribution is 2.20. The highest BCUT2D eigenvalue weighted by molar-refractivity contribution is 5.71. The number of ether oxygens (including phenoxy) is 3. The predicted octanol–water partition coefficient (Wildman–Crippen LogP) is 26.3. The van der Waals surface area contributed by atoms with Crippen LogP contribution in [0.1, 0.15) is 445 Å². The molecule has 1 unspecified atom stereocenters. The van der Waals surface area contributed by atoms with E-state index in [1.165, 1.54) is 340 Å². The van der Waals surface area contributed by atoms with E-state index in [-0.39, 0.29) is 31.1 Å². The van der Waals surface area contributed by atoms with Crippen LogP contribution in [0, 0.1) is 0 Å². The monoisotopic (exact) mass is 1170 g/mol. The third-order valence-electron chi connectivity index (χ3n) is 17.8. The lowest BCUT2D eigenvalue weighted by atomic mass is 10.0. The quantitative estimate of drug-likeness (QED) is 0.0261. The van der Waals surface area contributed by atoms with Crippen LogP contribution >= 0.6 is 0 Å². The molecule has 0 N–H and O–H groups in total. The molecular formula is C77H148O6. The van der Waals surface area contributed by atoms with Gasteiger partial charge in [-0.1, -0.05) is 392 Å². The summed E-state index contributed by atoms with van der Waals surface area (Å²) in [7, 11) is 0. The standard InChI is InChI=1S/C77H148O6/c1-4-7-10-13-16-19-22-25-28-30-32-34-36-38-40-41-43-45-47-49-52-55-58-61-64-67-70-76(79)82-73-74(72-81-75(78)69-66-63-60-57-54-51-27-24-21-18-15-12-9-6-3)83-77(80)71-68-65-62-59-56-53-50-48-46-44-42-39-37-35-33-31-29-26-23-20-17-14-11-8-5-2/h24,27,74H,4-23,25-26,28-73H2,1-3H3/b27-24-. The van der Waals surface area contributed by atoms with Gasteiger partial charge in [-0.15, -0.1) is 0 Å². The third-order valence-corrected chi connectivity index (χ3v) is 17.8. The summed E-state index contributed by atoms with van der Waals surface area (Å²) in [6, 6.07) is 0. The first-order valence-corrected chi connectivity index (χ1v) is 38.2. The Bertz CT molecular complexity index is 1300. The molecular weight excluding hydrogens is 1020 g/mol. The van der Waals surface area contributed by atoms with E-state index in [9.17, 15) is 14.4 Å². The van der Waals surface area contributed by atoms with Crippen LogP contribution < -0.4 is 0 Å². The van der Waals surface area contributed by atoms with Gasteiger partial charge in [-0.2, -0.15) is 0 Å². The SMILES string of the molecule is CCCCCCC/C=C\CCCCCCCC(=O)OCC(COC(=O)CCCCCCCCCCCCCCCCCCCCCCCCCCCC)OC(=O)CCCCCCCCCCCCCCCCCCCCCCCCCCC. The molecule has 0 fully saturated rings. The zero-order valence-corrected chi connectivity index (χ0v) is 56.8. The molecule has 83 heavy (non-hydrogen) atoms.